The van der Waals surface area contributed by atoms with Crippen LogP contribution < -0.4 is 5.32 Å². The molecule has 1 saturated heterocycles. The van der Waals surface area contributed by atoms with Gasteiger partial charge in [0.15, 0.2) is 0 Å². The molecular formula is C9H10BrNOS. The van der Waals surface area contributed by atoms with Crippen LogP contribution in [0, 0.1) is 0 Å². The van der Waals surface area contributed by atoms with Crippen molar-refractivity contribution in [2.24, 2.45) is 0 Å². The van der Waals surface area contributed by atoms with Gasteiger partial charge < -0.3 is 5.32 Å². The third-order valence-electron chi connectivity index (χ3n) is 2.26. The van der Waals surface area contributed by atoms with E-state index in [1.54, 1.807) is 11.3 Å². The number of rotatable bonds is 1. The molecule has 2 rings (SSSR count). The minimum Gasteiger partial charge on any atom is -0.355 e. The molecule has 13 heavy (non-hydrogen) atoms. The molecular weight excluding hydrogens is 250 g/mol. The van der Waals surface area contributed by atoms with Crippen molar-refractivity contribution in [3.8, 4) is 0 Å². The SMILES string of the molecule is O=C1CCC(c2ccc(Br)s2)CN1. The Bertz CT molecular complexity index is 313. The quantitative estimate of drug-likeness (QED) is 0.825. The van der Waals surface area contributed by atoms with Crippen molar-refractivity contribution in [1.82, 2.24) is 5.32 Å². The van der Waals surface area contributed by atoms with E-state index < -0.39 is 0 Å². The van der Waals surface area contributed by atoms with Crippen LogP contribution in [0.5, 0.6) is 0 Å². The van der Waals surface area contributed by atoms with Crippen molar-refractivity contribution >= 4 is 33.2 Å². The monoisotopic (exact) mass is 259 g/mol. The van der Waals surface area contributed by atoms with Gasteiger partial charge in [-0.25, -0.2) is 0 Å². The summed E-state index contributed by atoms with van der Waals surface area (Å²) in [6, 6.07) is 4.20. The molecule has 0 bridgehead atoms. The molecule has 4 heteroatoms. The van der Waals surface area contributed by atoms with Crippen molar-refractivity contribution < 1.29 is 4.79 Å². The molecule has 1 aliphatic rings. The molecule has 1 atom stereocenters. The Morgan fingerprint density at radius 2 is 2.38 bits per heavy atom. The van der Waals surface area contributed by atoms with Gasteiger partial charge in [-0.2, -0.15) is 0 Å². The minimum absolute atomic E-state index is 0.187. The zero-order chi connectivity index (χ0) is 9.26. The topological polar surface area (TPSA) is 29.1 Å². The third kappa shape index (κ3) is 2.11. The number of hydrogen-bond acceptors (Lipinski definition) is 2. The summed E-state index contributed by atoms with van der Waals surface area (Å²) in [5, 5.41) is 2.89. The average molecular weight is 260 g/mol. The first kappa shape index (κ1) is 9.21. The maximum Gasteiger partial charge on any atom is 0.220 e. The molecule has 2 heterocycles. The van der Waals surface area contributed by atoms with Gasteiger partial charge in [-0.05, 0) is 34.5 Å². The van der Waals surface area contributed by atoms with E-state index >= 15 is 0 Å². The molecule has 1 aliphatic heterocycles. The average Bonchev–Trinajstić information content (AvgIpc) is 2.53. The summed E-state index contributed by atoms with van der Waals surface area (Å²) >= 11 is 5.20. The summed E-state index contributed by atoms with van der Waals surface area (Å²) < 4.78 is 1.17. The van der Waals surface area contributed by atoms with Gasteiger partial charge in [-0.15, -0.1) is 11.3 Å². The molecule has 1 aromatic heterocycles. The van der Waals surface area contributed by atoms with Gasteiger partial charge in [0.1, 0.15) is 0 Å². The number of thiophene rings is 1. The van der Waals surface area contributed by atoms with Crippen LogP contribution in [-0.2, 0) is 4.79 Å². The molecule has 1 amide bonds. The molecule has 1 fully saturated rings. The van der Waals surface area contributed by atoms with Gasteiger partial charge >= 0.3 is 0 Å². The highest BCUT2D eigenvalue weighted by Gasteiger charge is 2.20. The molecule has 0 aromatic carbocycles. The maximum absolute atomic E-state index is 10.9. The Hall–Kier alpha value is -0.350. The Morgan fingerprint density at radius 1 is 1.54 bits per heavy atom. The predicted molar refractivity (Wildman–Crippen MR) is 57.0 cm³/mol. The summed E-state index contributed by atoms with van der Waals surface area (Å²) in [6.45, 7) is 0.797. The summed E-state index contributed by atoms with van der Waals surface area (Å²) in [5.74, 6) is 0.709. The van der Waals surface area contributed by atoms with E-state index in [-0.39, 0.29) is 5.91 Å². The van der Waals surface area contributed by atoms with E-state index in [2.05, 4.69) is 33.4 Å². The number of carbonyl (C=O) groups is 1. The van der Waals surface area contributed by atoms with Gasteiger partial charge in [0, 0.05) is 23.8 Å². The van der Waals surface area contributed by atoms with Crippen LogP contribution in [0.3, 0.4) is 0 Å². The fraction of sp³-hybridized carbons (Fsp3) is 0.444. The summed E-state index contributed by atoms with van der Waals surface area (Å²) in [7, 11) is 0. The molecule has 0 radical (unpaired) electrons. The van der Waals surface area contributed by atoms with Crippen LogP contribution in [0.4, 0.5) is 0 Å². The second-order valence-electron chi connectivity index (χ2n) is 3.18. The Kier molecular flexibility index (Phi) is 2.69. The van der Waals surface area contributed by atoms with Crippen molar-refractivity contribution in [3.05, 3.63) is 20.8 Å². The zero-order valence-corrected chi connectivity index (χ0v) is 9.45. The van der Waals surface area contributed by atoms with Gasteiger partial charge in [0.25, 0.3) is 0 Å². The van der Waals surface area contributed by atoms with Gasteiger partial charge in [-0.3, -0.25) is 4.79 Å². The van der Waals surface area contributed by atoms with Gasteiger partial charge in [0.05, 0.1) is 3.79 Å². The number of nitrogens with one attached hydrogen (secondary N) is 1. The lowest BCUT2D eigenvalue weighted by Gasteiger charge is -2.20. The molecule has 1 aromatic rings. The first-order valence-corrected chi connectivity index (χ1v) is 5.88. The van der Waals surface area contributed by atoms with Crippen molar-refractivity contribution in [2.75, 3.05) is 6.54 Å². The molecule has 70 valence electrons. The van der Waals surface area contributed by atoms with Crippen LogP contribution >= 0.6 is 27.3 Å². The lowest BCUT2D eigenvalue weighted by Crippen LogP contribution is -2.33. The number of carbonyl (C=O) groups excluding carboxylic acids is 1. The highest BCUT2D eigenvalue weighted by atomic mass is 79.9. The molecule has 1 N–H and O–H groups in total. The molecule has 2 nitrogen and oxygen atoms in total. The van der Waals surface area contributed by atoms with Crippen LogP contribution in [0.25, 0.3) is 0 Å². The van der Waals surface area contributed by atoms with E-state index in [1.165, 1.54) is 8.66 Å². The number of halogens is 1. The zero-order valence-electron chi connectivity index (χ0n) is 7.05. The fourth-order valence-electron chi connectivity index (χ4n) is 1.52. The van der Waals surface area contributed by atoms with Gasteiger partial charge in [-0.1, -0.05) is 0 Å². The lowest BCUT2D eigenvalue weighted by atomic mass is 9.98. The first-order chi connectivity index (χ1) is 6.25. The van der Waals surface area contributed by atoms with Crippen molar-refractivity contribution in [2.45, 2.75) is 18.8 Å². The van der Waals surface area contributed by atoms with E-state index in [4.69, 9.17) is 0 Å². The molecule has 0 spiro atoms. The minimum atomic E-state index is 0.187. The highest BCUT2D eigenvalue weighted by molar-refractivity contribution is 9.11. The van der Waals surface area contributed by atoms with Crippen LogP contribution in [0.15, 0.2) is 15.9 Å². The fourth-order valence-corrected chi connectivity index (χ4v) is 3.08. The van der Waals surface area contributed by atoms with Crippen molar-refractivity contribution in [1.29, 1.82) is 0 Å². The van der Waals surface area contributed by atoms with Crippen LogP contribution in [0.2, 0.25) is 0 Å². The number of hydrogen-bond donors (Lipinski definition) is 1. The Labute approximate surface area is 89.5 Å². The number of piperidine rings is 1. The third-order valence-corrected chi connectivity index (χ3v) is 4.05. The van der Waals surface area contributed by atoms with Crippen LogP contribution in [0.1, 0.15) is 23.6 Å². The molecule has 0 aliphatic carbocycles. The second-order valence-corrected chi connectivity index (χ2v) is 5.68. The largest absolute Gasteiger partial charge is 0.355 e. The standard InChI is InChI=1S/C9H10BrNOS/c10-8-3-2-7(13-8)6-1-4-9(12)11-5-6/h2-3,6H,1,4-5H2,(H,11,12). The number of amides is 1. The van der Waals surface area contributed by atoms with Crippen molar-refractivity contribution in [3.63, 3.8) is 0 Å². The maximum atomic E-state index is 10.9. The molecule has 0 saturated carbocycles. The summed E-state index contributed by atoms with van der Waals surface area (Å²) in [6.07, 6.45) is 1.65. The second kappa shape index (κ2) is 3.80. The van der Waals surface area contributed by atoms with E-state index in [1.807, 2.05) is 0 Å². The first-order valence-electron chi connectivity index (χ1n) is 4.27. The Morgan fingerprint density at radius 3 is 2.92 bits per heavy atom. The Balaban J connectivity index is 2.06. The molecule has 1 unspecified atom stereocenters. The van der Waals surface area contributed by atoms with Crippen LogP contribution in [-0.4, -0.2) is 12.5 Å². The van der Waals surface area contributed by atoms with E-state index in [9.17, 15) is 4.79 Å². The van der Waals surface area contributed by atoms with E-state index in [0.717, 1.165) is 13.0 Å². The van der Waals surface area contributed by atoms with Gasteiger partial charge in [0.2, 0.25) is 5.91 Å². The normalized spacial score (nSPS) is 22.8. The van der Waals surface area contributed by atoms with E-state index in [0.29, 0.717) is 12.3 Å². The predicted octanol–water partition coefficient (Wildman–Crippen LogP) is 2.50. The smallest absolute Gasteiger partial charge is 0.220 e. The highest BCUT2D eigenvalue weighted by Crippen LogP contribution is 2.31. The summed E-state index contributed by atoms with van der Waals surface area (Å²) in [4.78, 5) is 12.3. The summed E-state index contributed by atoms with van der Waals surface area (Å²) in [5.41, 5.74) is 0. The lowest BCUT2D eigenvalue weighted by molar-refractivity contribution is -0.122.